The van der Waals surface area contributed by atoms with Crippen molar-refractivity contribution in [3.05, 3.63) is 48.0 Å². The quantitative estimate of drug-likeness (QED) is 0.855. The van der Waals surface area contributed by atoms with Gasteiger partial charge in [0, 0.05) is 16.6 Å². The second kappa shape index (κ2) is 5.69. The smallest absolute Gasteiger partial charge is 0.238 e. The number of hydrogen-bond acceptors (Lipinski definition) is 4. The predicted molar refractivity (Wildman–Crippen MR) is 85.8 cm³/mol. The highest BCUT2D eigenvalue weighted by molar-refractivity contribution is 8.01. The van der Waals surface area contributed by atoms with E-state index >= 15 is 0 Å². The van der Waals surface area contributed by atoms with Crippen LogP contribution in [0.4, 0.5) is 11.4 Å². The number of nitrogens with two attached hydrogens (primary N) is 1. The topological polar surface area (TPSA) is 64.3 Å². The number of benzene rings is 2. The molecule has 0 saturated carbocycles. The lowest BCUT2D eigenvalue weighted by Crippen LogP contribution is -2.24. The van der Waals surface area contributed by atoms with Gasteiger partial charge in [-0.05, 0) is 30.2 Å². The zero-order valence-electron chi connectivity index (χ0n) is 11.6. The Morgan fingerprint density at radius 2 is 2.14 bits per heavy atom. The lowest BCUT2D eigenvalue weighted by atomic mass is 10.1. The van der Waals surface area contributed by atoms with Gasteiger partial charge in [-0.25, -0.2) is 0 Å². The molecule has 0 radical (unpaired) electrons. The number of carbonyl (C=O) groups excluding carboxylic acids is 1. The maximum atomic E-state index is 12.4. The van der Waals surface area contributed by atoms with Crippen molar-refractivity contribution >= 4 is 29.0 Å². The third-order valence-corrected chi connectivity index (χ3v) is 4.74. The standard InChI is InChI=1S/C16H16N2O2S/c1-20-13-9-11(17)6-7-12(13)18-16(19)15-8-10-4-2-3-5-14(10)21-15/h2-7,9,15H,8,17H2,1H3,(H,18,19). The second-order valence-electron chi connectivity index (χ2n) is 4.87. The van der Waals surface area contributed by atoms with Gasteiger partial charge in [-0.15, -0.1) is 11.8 Å². The summed E-state index contributed by atoms with van der Waals surface area (Å²) < 4.78 is 5.25. The zero-order valence-corrected chi connectivity index (χ0v) is 12.4. The zero-order chi connectivity index (χ0) is 14.8. The molecule has 0 aliphatic carbocycles. The van der Waals surface area contributed by atoms with Gasteiger partial charge in [0.15, 0.2) is 0 Å². The van der Waals surface area contributed by atoms with E-state index in [0.29, 0.717) is 17.1 Å². The third-order valence-electron chi connectivity index (χ3n) is 3.42. The van der Waals surface area contributed by atoms with Crippen LogP contribution >= 0.6 is 11.8 Å². The van der Waals surface area contributed by atoms with Crippen LogP contribution in [0.15, 0.2) is 47.4 Å². The fraction of sp³-hybridized carbons (Fsp3) is 0.188. The molecule has 0 bridgehead atoms. The van der Waals surface area contributed by atoms with Crippen molar-refractivity contribution in [2.45, 2.75) is 16.6 Å². The van der Waals surface area contributed by atoms with Crippen molar-refractivity contribution < 1.29 is 9.53 Å². The van der Waals surface area contributed by atoms with Crippen molar-refractivity contribution in [1.82, 2.24) is 0 Å². The van der Waals surface area contributed by atoms with Crippen LogP contribution in [0.25, 0.3) is 0 Å². The highest BCUT2D eigenvalue weighted by Crippen LogP contribution is 2.37. The van der Waals surface area contributed by atoms with Gasteiger partial charge in [-0.1, -0.05) is 18.2 Å². The number of methoxy groups -OCH3 is 1. The normalized spacial score (nSPS) is 16.3. The fourth-order valence-corrected chi connectivity index (χ4v) is 3.55. The van der Waals surface area contributed by atoms with E-state index in [2.05, 4.69) is 17.4 Å². The van der Waals surface area contributed by atoms with Crippen molar-refractivity contribution in [2.24, 2.45) is 0 Å². The molecular weight excluding hydrogens is 284 g/mol. The van der Waals surface area contributed by atoms with E-state index in [1.807, 2.05) is 12.1 Å². The molecule has 1 aliphatic heterocycles. The van der Waals surface area contributed by atoms with Crippen molar-refractivity contribution in [1.29, 1.82) is 0 Å². The van der Waals surface area contributed by atoms with Gasteiger partial charge >= 0.3 is 0 Å². The molecule has 1 aliphatic rings. The largest absolute Gasteiger partial charge is 0.494 e. The number of anilines is 2. The number of thioether (sulfide) groups is 1. The predicted octanol–water partition coefficient (Wildman–Crippen LogP) is 2.93. The number of fused-ring (bicyclic) bond motifs is 1. The summed E-state index contributed by atoms with van der Waals surface area (Å²) in [6.45, 7) is 0. The van der Waals surface area contributed by atoms with Gasteiger partial charge in [0.2, 0.25) is 5.91 Å². The van der Waals surface area contributed by atoms with E-state index < -0.39 is 0 Å². The summed E-state index contributed by atoms with van der Waals surface area (Å²) in [6.07, 6.45) is 0.754. The van der Waals surface area contributed by atoms with Crippen molar-refractivity contribution in [2.75, 3.05) is 18.2 Å². The molecule has 2 aromatic rings. The van der Waals surface area contributed by atoms with E-state index in [1.54, 1.807) is 37.1 Å². The van der Waals surface area contributed by atoms with Gasteiger partial charge < -0.3 is 15.8 Å². The lowest BCUT2D eigenvalue weighted by Gasteiger charge is -2.13. The molecule has 4 nitrogen and oxygen atoms in total. The molecule has 0 fully saturated rings. The monoisotopic (exact) mass is 300 g/mol. The highest BCUT2D eigenvalue weighted by atomic mass is 32.2. The molecule has 1 unspecified atom stereocenters. The summed E-state index contributed by atoms with van der Waals surface area (Å²) in [5.41, 5.74) is 8.20. The SMILES string of the molecule is COc1cc(N)ccc1NC(=O)C1Cc2ccccc2S1. The molecule has 0 aromatic heterocycles. The molecule has 5 heteroatoms. The Kier molecular flexibility index (Phi) is 3.75. The summed E-state index contributed by atoms with van der Waals surface area (Å²) in [5.74, 6) is 0.558. The maximum Gasteiger partial charge on any atom is 0.238 e. The minimum absolute atomic E-state index is 0.0146. The fourth-order valence-electron chi connectivity index (χ4n) is 2.35. The van der Waals surface area contributed by atoms with Crippen molar-refractivity contribution in [3.63, 3.8) is 0 Å². The molecule has 21 heavy (non-hydrogen) atoms. The van der Waals surface area contributed by atoms with Crippen LogP contribution < -0.4 is 15.8 Å². The van der Waals surface area contributed by atoms with E-state index in [1.165, 1.54) is 10.5 Å². The Hall–Kier alpha value is -2.14. The van der Waals surface area contributed by atoms with Crippen LogP contribution in [0.5, 0.6) is 5.75 Å². The molecule has 108 valence electrons. The van der Waals surface area contributed by atoms with Gasteiger partial charge in [-0.3, -0.25) is 4.79 Å². The number of amides is 1. The minimum Gasteiger partial charge on any atom is -0.494 e. The van der Waals surface area contributed by atoms with Crippen LogP contribution in [0, 0.1) is 0 Å². The Balaban J connectivity index is 1.74. The summed E-state index contributed by atoms with van der Waals surface area (Å²) in [6, 6.07) is 13.3. The number of hydrogen-bond donors (Lipinski definition) is 2. The minimum atomic E-state index is -0.107. The average molecular weight is 300 g/mol. The number of nitrogens with one attached hydrogen (secondary N) is 1. The van der Waals surface area contributed by atoms with Gasteiger partial charge in [0.25, 0.3) is 0 Å². The van der Waals surface area contributed by atoms with Gasteiger partial charge in [-0.2, -0.15) is 0 Å². The summed E-state index contributed by atoms with van der Waals surface area (Å²) in [4.78, 5) is 13.6. The van der Waals surface area contributed by atoms with Crippen LogP contribution in [0.2, 0.25) is 0 Å². The molecule has 1 heterocycles. The third kappa shape index (κ3) is 2.83. The summed E-state index contributed by atoms with van der Waals surface area (Å²) in [5, 5.41) is 2.82. The van der Waals surface area contributed by atoms with Crippen molar-refractivity contribution in [3.8, 4) is 5.75 Å². The maximum absolute atomic E-state index is 12.4. The first-order chi connectivity index (χ1) is 10.2. The summed E-state index contributed by atoms with van der Waals surface area (Å²) in [7, 11) is 1.56. The molecule has 1 amide bonds. The van der Waals surface area contributed by atoms with E-state index in [0.717, 1.165) is 6.42 Å². The Bertz CT molecular complexity index is 663. The molecule has 0 spiro atoms. The van der Waals surface area contributed by atoms with E-state index in [9.17, 15) is 4.79 Å². The second-order valence-corrected chi connectivity index (χ2v) is 6.11. The molecule has 0 saturated heterocycles. The number of rotatable bonds is 3. The van der Waals surface area contributed by atoms with Crippen LogP contribution in [0.1, 0.15) is 5.56 Å². The summed E-state index contributed by atoms with van der Waals surface area (Å²) >= 11 is 1.60. The molecular formula is C16H16N2O2S. The molecule has 1 atom stereocenters. The highest BCUT2D eigenvalue weighted by Gasteiger charge is 2.28. The number of nitrogen functional groups attached to an aromatic ring is 1. The molecule has 3 rings (SSSR count). The Labute approximate surface area is 127 Å². The lowest BCUT2D eigenvalue weighted by molar-refractivity contribution is -0.115. The number of ether oxygens (including phenoxy) is 1. The Morgan fingerprint density at radius 1 is 1.33 bits per heavy atom. The average Bonchev–Trinajstić information content (AvgIpc) is 2.93. The van der Waals surface area contributed by atoms with E-state index in [-0.39, 0.29) is 11.2 Å². The van der Waals surface area contributed by atoms with Gasteiger partial charge in [0.05, 0.1) is 18.0 Å². The first-order valence-corrected chi connectivity index (χ1v) is 7.54. The number of carbonyl (C=O) groups is 1. The molecule has 2 aromatic carbocycles. The van der Waals surface area contributed by atoms with Gasteiger partial charge in [0.1, 0.15) is 5.75 Å². The van der Waals surface area contributed by atoms with Crippen LogP contribution in [0.3, 0.4) is 0 Å². The van der Waals surface area contributed by atoms with Crippen LogP contribution in [-0.2, 0) is 11.2 Å². The van der Waals surface area contributed by atoms with E-state index in [4.69, 9.17) is 10.5 Å². The Morgan fingerprint density at radius 3 is 2.90 bits per heavy atom. The van der Waals surface area contributed by atoms with Crippen LogP contribution in [-0.4, -0.2) is 18.3 Å². The molecule has 3 N–H and O–H groups in total. The first-order valence-electron chi connectivity index (χ1n) is 6.66. The first kappa shape index (κ1) is 13.8.